The summed E-state index contributed by atoms with van der Waals surface area (Å²) in [6, 6.07) is 0. The number of allylic oxidation sites excluding steroid dienone is 2. The van der Waals surface area contributed by atoms with Crippen molar-refractivity contribution in [3.63, 3.8) is 0 Å². The van der Waals surface area contributed by atoms with Crippen LogP contribution in [0, 0.1) is 11.8 Å². The molecule has 0 spiro atoms. The maximum atomic E-state index is 11.7. The lowest BCUT2D eigenvalue weighted by molar-refractivity contribution is -0.369. The van der Waals surface area contributed by atoms with Crippen molar-refractivity contribution < 1.29 is 40.2 Å². The van der Waals surface area contributed by atoms with Crippen LogP contribution in [0.3, 0.4) is 0 Å². The van der Waals surface area contributed by atoms with Gasteiger partial charge in [-0.15, -0.1) is 0 Å². The van der Waals surface area contributed by atoms with Crippen molar-refractivity contribution in [1.82, 2.24) is 0 Å². The molecule has 8 heteroatoms. The lowest BCUT2D eigenvalue weighted by atomic mass is 9.77. The van der Waals surface area contributed by atoms with Crippen LogP contribution < -0.4 is 0 Å². The van der Waals surface area contributed by atoms with E-state index >= 15 is 0 Å². The zero-order valence-corrected chi connectivity index (χ0v) is 14.2. The summed E-state index contributed by atoms with van der Waals surface area (Å²) < 4.78 is 5.14. The van der Waals surface area contributed by atoms with Gasteiger partial charge in [-0.2, -0.15) is 0 Å². The minimum Gasteiger partial charge on any atom is -0.481 e. The molecule has 24 heavy (non-hydrogen) atoms. The molecule has 1 fully saturated rings. The molecule has 1 aliphatic rings. The van der Waals surface area contributed by atoms with Gasteiger partial charge in [0.2, 0.25) is 5.79 Å². The molecule has 0 radical (unpaired) electrons. The number of carbonyl (C=O) groups is 1. The predicted octanol–water partition coefficient (Wildman–Crippen LogP) is -0.768. The molecule has 1 rings (SSSR count). The zero-order chi connectivity index (χ0) is 18.7. The molecule has 6 unspecified atom stereocenters. The Morgan fingerprint density at radius 1 is 1.25 bits per heavy atom. The van der Waals surface area contributed by atoms with Gasteiger partial charge in [0.1, 0.15) is 30.3 Å². The number of carboxylic acid groups (broad SMARTS) is 1. The van der Waals surface area contributed by atoms with Crippen LogP contribution in [0.5, 0.6) is 0 Å². The number of ether oxygens (including phenoxy) is 1. The lowest BCUT2D eigenvalue weighted by Gasteiger charge is -2.48. The third-order valence-corrected chi connectivity index (χ3v) is 4.45. The van der Waals surface area contributed by atoms with Crippen LogP contribution in [0.1, 0.15) is 33.6 Å². The van der Waals surface area contributed by atoms with Crippen molar-refractivity contribution >= 4 is 5.97 Å². The van der Waals surface area contributed by atoms with Crippen LogP contribution in [-0.4, -0.2) is 73.4 Å². The van der Waals surface area contributed by atoms with Crippen molar-refractivity contribution in [2.24, 2.45) is 11.8 Å². The van der Waals surface area contributed by atoms with E-state index in [9.17, 15) is 35.4 Å². The van der Waals surface area contributed by atoms with E-state index in [2.05, 4.69) is 0 Å². The minimum atomic E-state index is -2.62. The molecule has 140 valence electrons. The summed E-state index contributed by atoms with van der Waals surface area (Å²) in [6.45, 7) is 4.66. The SMILES string of the molecule is CC(C)=CCC[C@@H](C)C(C(=O)O)C1(O)OC(CO)C(O)C(O)C1O. The van der Waals surface area contributed by atoms with Crippen LogP contribution in [0.25, 0.3) is 0 Å². The topological polar surface area (TPSA) is 148 Å². The summed E-state index contributed by atoms with van der Waals surface area (Å²) in [5, 5.41) is 59.2. The number of aliphatic hydroxyl groups excluding tert-OH is 4. The Balaban J connectivity index is 3.07. The Hall–Kier alpha value is -1.03. The molecule has 1 aliphatic heterocycles. The first kappa shape index (κ1) is 21.0. The Labute approximate surface area is 141 Å². The average Bonchev–Trinajstić information content (AvgIpc) is 2.48. The summed E-state index contributed by atoms with van der Waals surface area (Å²) in [5.74, 6) is -6.17. The summed E-state index contributed by atoms with van der Waals surface area (Å²) in [5.41, 5.74) is 1.07. The lowest BCUT2D eigenvalue weighted by Crippen LogP contribution is -2.69. The van der Waals surface area contributed by atoms with E-state index in [0.29, 0.717) is 12.8 Å². The molecule has 1 heterocycles. The van der Waals surface area contributed by atoms with E-state index < -0.39 is 54.6 Å². The number of aliphatic hydroxyl groups is 5. The molecule has 0 aromatic rings. The minimum absolute atomic E-state index is 0.406. The second-order valence-corrected chi connectivity index (χ2v) is 6.67. The standard InChI is InChI=1S/C16H28O8/c1-8(2)5-4-6-9(3)11(15(21)22)16(23)14(20)13(19)12(18)10(7-17)24-16/h5,9-14,17-20,23H,4,6-7H2,1-3H3,(H,21,22)/t9-,10?,11?,12?,13?,14?,16?/m1/s1. The van der Waals surface area contributed by atoms with Gasteiger partial charge in [-0.05, 0) is 32.6 Å². The molecule has 6 N–H and O–H groups in total. The zero-order valence-electron chi connectivity index (χ0n) is 14.2. The fourth-order valence-corrected chi connectivity index (χ4v) is 3.07. The number of carboxylic acids is 1. The number of rotatable bonds is 7. The Morgan fingerprint density at radius 3 is 2.29 bits per heavy atom. The molecule has 0 aromatic carbocycles. The van der Waals surface area contributed by atoms with E-state index in [1.165, 1.54) is 0 Å². The Morgan fingerprint density at radius 2 is 1.83 bits per heavy atom. The third-order valence-electron chi connectivity index (χ3n) is 4.45. The monoisotopic (exact) mass is 348 g/mol. The van der Waals surface area contributed by atoms with Gasteiger partial charge in [0.15, 0.2) is 0 Å². The molecular weight excluding hydrogens is 320 g/mol. The second kappa shape index (κ2) is 8.37. The Bertz CT molecular complexity index is 459. The highest BCUT2D eigenvalue weighted by molar-refractivity contribution is 5.71. The van der Waals surface area contributed by atoms with Gasteiger partial charge in [-0.1, -0.05) is 18.6 Å². The highest BCUT2D eigenvalue weighted by Crippen LogP contribution is 2.39. The first-order valence-corrected chi connectivity index (χ1v) is 7.97. The summed E-state index contributed by atoms with van der Waals surface area (Å²) in [7, 11) is 0. The first-order chi connectivity index (χ1) is 11.1. The Kier molecular flexibility index (Phi) is 7.33. The number of hydrogen-bond donors (Lipinski definition) is 6. The van der Waals surface area contributed by atoms with Crippen molar-refractivity contribution in [2.75, 3.05) is 6.61 Å². The van der Waals surface area contributed by atoms with Crippen LogP contribution in [0.2, 0.25) is 0 Å². The molecule has 7 atom stereocenters. The summed E-state index contributed by atoms with van der Waals surface area (Å²) >= 11 is 0. The average molecular weight is 348 g/mol. The predicted molar refractivity (Wildman–Crippen MR) is 83.9 cm³/mol. The molecule has 0 aliphatic carbocycles. The fourth-order valence-electron chi connectivity index (χ4n) is 3.07. The fraction of sp³-hybridized carbons (Fsp3) is 0.812. The highest BCUT2D eigenvalue weighted by atomic mass is 16.7. The van der Waals surface area contributed by atoms with Crippen molar-refractivity contribution in [1.29, 1.82) is 0 Å². The maximum absolute atomic E-state index is 11.7. The molecular formula is C16H28O8. The third kappa shape index (κ3) is 4.33. The summed E-state index contributed by atoms with van der Waals surface area (Å²) in [6.07, 6.45) is -4.00. The van der Waals surface area contributed by atoms with Gasteiger partial charge >= 0.3 is 5.97 Å². The van der Waals surface area contributed by atoms with Gasteiger partial charge in [0, 0.05) is 0 Å². The molecule has 8 nitrogen and oxygen atoms in total. The second-order valence-electron chi connectivity index (χ2n) is 6.67. The van der Waals surface area contributed by atoms with Crippen LogP contribution in [0.15, 0.2) is 11.6 Å². The number of aliphatic carboxylic acids is 1. The van der Waals surface area contributed by atoms with Crippen LogP contribution in [0.4, 0.5) is 0 Å². The molecule has 0 aromatic heterocycles. The molecule has 1 saturated heterocycles. The van der Waals surface area contributed by atoms with Crippen molar-refractivity contribution in [3.8, 4) is 0 Å². The van der Waals surface area contributed by atoms with Crippen molar-refractivity contribution in [2.45, 2.75) is 63.8 Å². The van der Waals surface area contributed by atoms with E-state index in [1.807, 2.05) is 19.9 Å². The normalized spacial score (nSPS) is 36.0. The molecule has 0 saturated carbocycles. The van der Waals surface area contributed by atoms with Crippen LogP contribution in [-0.2, 0) is 9.53 Å². The quantitative estimate of drug-likeness (QED) is 0.329. The van der Waals surface area contributed by atoms with Crippen LogP contribution >= 0.6 is 0 Å². The van der Waals surface area contributed by atoms with Gasteiger partial charge in [0.25, 0.3) is 0 Å². The van der Waals surface area contributed by atoms with Gasteiger partial charge in [-0.3, -0.25) is 4.79 Å². The summed E-state index contributed by atoms with van der Waals surface area (Å²) in [4.78, 5) is 11.7. The number of hydrogen-bond acceptors (Lipinski definition) is 7. The highest BCUT2D eigenvalue weighted by Gasteiger charge is 2.59. The molecule has 0 bridgehead atoms. The van der Waals surface area contributed by atoms with Crippen molar-refractivity contribution in [3.05, 3.63) is 11.6 Å². The van der Waals surface area contributed by atoms with Gasteiger partial charge in [-0.25, -0.2) is 0 Å². The van der Waals surface area contributed by atoms with E-state index in [4.69, 9.17) is 4.74 Å². The van der Waals surface area contributed by atoms with E-state index in [0.717, 1.165) is 5.57 Å². The van der Waals surface area contributed by atoms with Gasteiger partial charge < -0.3 is 35.4 Å². The van der Waals surface area contributed by atoms with E-state index in [-0.39, 0.29) is 0 Å². The van der Waals surface area contributed by atoms with E-state index in [1.54, 1.807) is 6.92 Å². The largest absolute Gasteiger partial charge is 0.481 e. The molecule has 0 amide bonds. The van der Waals surface area contributed by atoms with Gasteiger partial charge in [0.05, 0.1) is 6.61 Å². The maximum Gasteiger partial charge on any atom is 0.312 e. The first-order valence-electron chi connectivity index (χ1n) is 7.97. The smallest absolute Gasteiger partial charge is 0.312 e.